The first-order valence-electron chi connectivity index (χ1n) is 3.48. The predicted molar refractivity (Wildman–Crippen MR) is 43.9 cm³/mol. The smallest absolute Gasteiger partial charge is 0.0630 e. The number of hydrogen-bond acceptors (Lipinski definition) is 2. The first-order valence-corrected chi connectivity index (χ1v) is 4.87. The molecule has 1 N–H and O–H groups in total. The average molecular weight is 148 g/mol. The van der Waals surface area contributed by atoms with Crippen molar-refractivity contribution >= 4 is 11.8 Å². The van der Waals surface area contributed by atoms with Crippen LogP contribution < -0.4 is 0 Å². The van der Waals surface area contributed by atoms with Gasteiger partial charge in [0, 0.05) is 5.75 Å². The van der Waals surface area contributed by atoms with Crippen LogP contribution in [0.2, 0.25) is 0 Å². The zero-order valence-corrected chi connectivity index (χ0v) is 7.08. The molecule has 1 atom stereocenters. The Bertz CT molecular complexity index is 56.9. The Morgan fingerprint density at radius 2 is 2.22 bits per heavy atom. The Hall–Kier alpha value is 0.310. The van der Waals surface area contributed by atoms with E-state index >= 15 is 0 Å². The molecule has 0 amide bonds. The highest BCUT2D eigenvalue weighted by Crippen LogP contribution is 2.04. The van der Waals surface area contributed by atoms with Crippen molar-refractivity contribution in [1.29, 1.82) is 0 Å². The molecule has 0 rings (SSSR count). The summed E-state index contributed by atoms with van der Waals surface area (Å²) >= 11 is 1.71. The minimum absolute atomic E-state index is 0.0695. The van der Waals surface area contributed by atoms with Gasteiger partial charge in [-0.3, -0.25) is 0 Å². The lowest BCUT2D eigenvalue weighted by Gasteiger charge is -2.05. The molecule has 0 radical (unpaired) electrons. The first kappa shape index (κ1) is 9.31. The highest BCUT2D eigenvalue weighted by atomic mass is 32.2. The third-order valence-electron chi connectivity index (χ3n) is 1.25. The van der Waals surface area contributed by atoms with Gasteiger partial charge in [0.2, 0.25) is 0 Å². The first-order chi connectivity index (χ1) is 4.31. The lowest BCUT2D eigenvalue weighted by atomic mass is 10.2. The third-order valence-corrected chi connectivity index (χ3v) is 1.97. The molecule has 1 nitrogen and oxygen atoms in total. The van der Waals surface area contributed by atoms with Crippen LogP contribution in [0.25, 0.3) is 0 Å². The number of aliphatic hydroxyl groups is 1. The largest absolute Gasteiger partial charge is 0.392 e. The average Bonchev–Trinajstić information content (AvgIpc) is 1.85. The number of unbranched alkanes of at least 4 members (excludes halogenated alkanes) is 1. The second-order valence-corrected chi connectivity index (χ2v) is 3.16. The van der Waals surface area contributed by atoms with Crippen molar-refractivity contribution < 1.29 is 5.11 Å². The van der Waals surface area contributed by atoms with Crippen LogP contribution >= 0.6 is 11.8 Å². The van der Waals surface area contributed by atoms with Crippen LogP contribution in [-0.2, 0) is 0 Å². The molecule has 0 saturated heterocycles. The van der Waals surface area contributed by atoms with Crippen LogP contribution in [0.1, 0.15) is 26.2 Å². The summed E-state index contributed by atoms with van der Waals surface area (Å²) in [6.07, 6.45) is 5.26. The predicted octanol–water partition coefficient (Wildman–Crippen LogP) is 1.90. The molecule has 0 aliphatic carbocycles. The summed E-state index contributed by atoms with van der Waals surface area (Å²) in [5.74, 6) is 0.889. The Balaban J connectivity index is 2.95. The zero-order chi connectivity index (χ0) is 7.11. The van der Waals surface area contributed by atoms with Crippen LogP contribution in [0.4, 0.5) is 0 Å². The van der Waals surface area contributed by atoms with E-state index < -0.39 is 0 Å². The van der Waals surface area contributed by atoms with E-state index in [1.807, 2.05) is 6.26 Å². The van der Waals surface area contributed by atoms with Gasteiger partial charge in [-0.15, -0.1) is 0 Å². The third kappa shape index (κ3) is 6.19. The van der Waals surface area contributed by atoms with Crippen LogP contribution in [0.15, 0.2) is 0 Å². The van der Waals surface area contributed by atoms with Crippen LogP contribution in [0, 0.1) is 0 Å². The molecule has 0 aromatic carbocycles. The molecule has 0 fully saturated rings. The molecule has 9 heavy (non-hydrogen) atoms. The Labute approximate surface area is 61.8 Å². The van der Waals surface area contributed by atoms with E-state index in [1.54, 1.807) is 11.8 Å². The molecule has 0 saturated carbocycles. The van der Waals surface area contributed by atoms with E-state index in [0.29, 0.717) is 0 Å². The molecule has 0 aliphatic heterocycles. The Kier molecular flexibility index (Phi) is 6.65. The van der Waals surface area contributed by atoms with Gasteiger partial charge in [-0.1, -0.05) is 19.8 Å². The summed E-state index contributed by atoms with van der Waals surface area (Å²) in [6.45, 7) is 2.14. The highest BCUT2D eigenvalue weighted by Gasteiger charge is 1.99. The van der Waals surface area contributed by atoms with Gasteiger partial charge < -0.3 is 5.11 Å². The molecule has 0 bridgehead atoms. The zero-order valence-electron chi connectivity index (χ0n) is 6.26. The van der Waals surface area contributed by atoms with E-state index in [0.717, 1.165) is 18.6 Å². The normalized spacial score (nSPS) is 13.7. The summed E-state index contributed by atoms with van der Waals surface area (Å²) in [5, 5.41) is 9.16. The van der Waals surface area contributed by atoms with Gasteiger partial charge in [0.25, 0.3) is 0 Å². The van der Waals surface area contributed by atoms with Gasteiger partial charge in [-0.05, 0) is 12.7 Å². The maximum absolute atomic E-state index is 9.16. The SMILES string of the molecule is CCCCC(O)CSC. The molecular formula is C7H16OS. The van der Waals surface area contributed by atoms with Crippen LogP contribution in [0.5, 0.6) is 0 Å². The van der Waals surface area contributed by atoms with Crippen LogP contribution in [0.3, 0.4) is 0 Å². The fraction of sp³-hybridized carbons (Fsp3) is 1.00. The standard InChI is InChI=1S/C7H16OS/c1-3-4-5-7(8)6-9-2/h7-8H,3-6H2,1-2H3. The van der Waals surface area contributed by atoms with Crippen molar-refractivity contribution in [1.82, 2.24) is 0 Å². The summed E-state index contributed by atoms with van der Waals surface area (Å²) in [6, 6.07) is 0. The summed E-state index contributed by atoms with van der Waals surface area (Å²) < 4.78 is 0. The van der Waals surface area contributed by atoms with Gasteiger partial charge >= 0.3 is 0 Å². The number of hydrogen-bond donors (Lipinski definition) is 1. The Morgan fingerprint density at radius 3 is 2.67 bits per heavy atom. The molecule has 2 heteroatoms. The quantitative estimate of drug-likeness (QED) is 0.642. The van der Waals surface area contributed by atoms with Crippen molar-refractivity contribution in [3.63, 3.8) is 0 Å². The van der Waals surface area contributed by atoms with Crippen molar-refractivity contribution in [2.24, 2.45) is 0 Å². The molecule has 1 unspecified atom stereocenters. The van der Waals surface area contributed by atoms with Gasteiger partial charge in [0.1, 0.15) is 0 Å². The van der Waals surface area contributed by atoms with Gasteiger partial charge in [-0.25, -0.2) is 0 Å². The molecule has 0 aromatic rings. The van der Waals surface area contributed by atoms with E-state index in [4.69, 9.17) is 5.11 Å². The fourth-order valence-electron chi connectivity index (χ4n) is 0.715. The van der Waals surface area contributed by atoms with Gasteiger partial charge in [-0.2, -0.15) is 11.8 Å². The van der Waals surface area contributed by atoms with Gasteiger partial charge in [0.15, 0.2) is 0 Å². The number of thioether (sulfide) groups is 1. The molecule has 0 aromatic heterocycles. The number of aliphatic hydroxyl groups excluding tert-OH is 1. The second kappa shape index (κ2) is 6.43. The lowest BCUT2D eigenvalue weighted by molar-refractivity contribution is 0.186. The number of rotatable bonds is 5. The van der Waals surface area contributed by atoms with E-state index in [2.05, 4.69) is 6.92 Å². The molecule has 0 aliphatic rings. The molecule has 0 spiro atoms. The lowest BCUT2D eigenvalue weighted by Crippen LogP contribution is -2.08. The van der Waals surface area contributed by atoms with Crippen molar-refractivity contribution in [3.05, 3.63) is 0 Å². The Morgan fingerprint density at radius 1 is 1.56 bits per heavy atom. The summed E-state index contributed by atoms with van der Waals surface area (Å²) in [4.78, 5) is 0. The topological polar surface area (TPSA) is 20.2 Å². The maximum Gasteiger partial charge on any atom is 0.0630 e. The molecule has 0 heterocycles. The molecule has 56 valence electrons. The minimum atomic E-state index is -0.0695. The van der Waals surface area contributed by atoms with Crippen molar-refractivity contribution in [3.8, 4) is 0 Å². The summed E-state index contributed by atoms with van der Waals surface area (Å²) in [7, 11) is 0. The van der Waals surface area contributed by atoms with E-state index in [1.165, 1.54) is 6.42 Å². The fourth-order valence-corrected chi connectivity index (χ4v) is 1.27. The van der Waals surface area contributed by atoms with Crippen molar-refractivity contribution in [2.45, 2.75) is 32.3 Å². The van der Waals surface area contributed by atoms with Crippen LogP contribution in [-0.4, -0.2) is 23.2 Å². The van der Waals surface area contributed by atoms with E-state index in [-0.39, 0.29) is 6.10 Å². The summed E-state index contributed by atoms with van der Waals surface area (Å²) in [5.41, 5.74) is 0. The van der Waals surface area contributed by atoms with Crippen molar-refractivity contribution in [2.75, 3.05) is 12.0 Å². The highest BCUT2D eigenvalue weighted by molar-refractivity contribution is 7.98. The monoisotopic (exact) mass is 148 g/mol. The second-order valence-electron chi connectivity index (χ2n) is 2.25. The van der Waals surface area contributed by atoms with E-state index in [9.17, 15) is 0 Å². The maximum atomic E-state index is 9.16. The molecular weight excluding hydrogens is 132 g/mol. The minimum Gasteiger partial charge on any atom is -0.392 e. The van der Waals surface area contributed by atoms with Gasteiger partial charge in [0.05, 0.1) is 6.10 Å².